The van der Waals surface area contributed by atoms with Crippen molar-refractivity contribution in [3.63, 3.8) is 0 Å². The summed E-state index contributed by atoms with van der Waals surface area (Å²) in [7, 11) is 0. The highest BCUT2D eigenvalue weighted by molar-refractivity contribution is 9.11. The SMILES string of the molecule is Fc1ccccc1-c1ncsc1Br. The van der Waals surface area contributed by atoms with Crippen LogP contribution >= 0.6 is 27.3 Å². The standard InChI is InChI=1S/C9H5BrFNS/c10-9-8(12-5-13-9)6-3-1-2-4-7(6)11/h1-5H. The normalized spacial score (nSPS) is 10.3. The van der Waals surface area contributed by atoms with E-state index in [1.165, 1.54) is 17.4 Å². The Kier molecular flexibility index (Phi) is 2.42. The molecule has 0 amide bonds. The maximum absolute atomic E-state index is 13.3. The van der Waals surface area contributed by atoms with Crippen molar-refractivity contribution in [1.82, 2.24) is 4.98 Å². The molecule has 4 heteroatoms. The van der Waals surface area contributed by atoms with E-state index in [4.69, 9.17) is 0 Å². The van der Waals surface area contributed by atoms with Crippen molar-refractivity contribution in [3.8, 4) is 11.3 Å². The second-order valence-electron chi connectivity index (χ2n) is 2.45. The summed E-state index contributed by atoms with van der Waals surface area (Å²) >= 11 is 4.77. The van der Waals surface area contributed by atoms with E-state index in [1.54, 1.807) is 23.7 Å². The summed E-state index contributed by atoms with van der Waals surface area (Å²) < 4.78 is 14.1. The van der Waals surface area contributed by atoms with E-state index in [2.05, 4.69) is 20.9 Å². The molecule has 0 unspecified atom stereocenters. The first-order valence-electron chi connectivity index (χ1n) is 3.63. The average molecular weight is 258 g/mol. The number of hydrogen-bond donors (Lipinski definition) is 0. The van der Waals surface area contributed by atoms with Gasteiger partial charge in [-0.1, -0.05) is 12.1 Å². The van der Waals surface area contributed by atoms with Crippen LogP contribution in [0.5, 0.6) is 0 Å². The third-order valence-electron chi connectivity index (χ3n) is 1.65. The zero-order valence-electron chi connectivity index (χ0n) is 6.50. The fourth-order valence-electron chi connectivity index (χ4n) is 1.06. The van der Waals surface area contributed by atoms with Crippen LogP contribution in [0.4, 0.5) is 4.39 Å². The Bertz CT molecular complexity index is 427. The molecule has 1 aromatic heterocycles. The highest BCUT2D eigenvalue weighted by atomic mass is 79.9. The van der Waals surface area contributed by atoms with Gasteiger partial charge in [-0.25, -0.2) is 9.37 Å². The molecule has 13 heavy (non-hydrogen) atoms. The molecule has 0 saturated carbocycles. The summed E-state index contributed by atoms with van der Waals surface area (Å²) in [5.41, 5.74) is 2.89. The maximum Gasteiger partial charge on any atom is 0.132 e. The second-order valence-corrected chi connectivity index (χ2v) is 4.63. The fourth-order valence-corrected chi connectivity index (χ4v) is 2.15. The number of benzene rings is 1. The molecular formula is C9H5BrFNS. The van der Waals surface area contributed by atoms with E-state index in [1.807, 2.05) is 0 Å². The van der Waals surface area contributed by atoms with Crippen LogP contribution < -0.4 is 0 Å². The van der Waals surface area contributed by atoms with Crippen molar-refractivity contribution in [2.45, 2.75) is 0 Å². The number of halogens is 2. The lowest BCUT2D eigenvalue weighted by atomic mass is 10.2. The summed E-state index contributed by atoms with van der Waals surface area (Å²) in [5.74, 6) is -0.242. The lowest BCUT2D eigenvalue weighted by Crippen LogP contribution is -1.83. The minimum Gasteiger partial charge on any atom is -0.243 e. The van der Waals surface area contributed by atoms with E-state index in [-0.39, 0.29) is 5.82 Å². The zero-order chi connectivity index (χ0) is 9.26. The fraction of sp³-hybridized carbons (Fsp3) is 0. The van der Waals surface area contributed by atoms with Gasteiger partial charge in [0.2, 0.25) is 0 Å². The minimum atomic E-state index is -0.242. The van der Waals surface area contributed by atoms with Crippen molar-refractivity contribution in [1.29, 1.82) is 0 Å². The molecule has 1 heterocycles. The average Bonchev–Trinajstić information content (AvgIpc) is 2.52. The molecule has 2 aromatic rings. The van der Waals surface area contributed by atoms with Gasteiger partial charge in [-0.3, -0.25) is 0 Å². The number of rotatable bonds is 1. The lowest BCUT2D eigenvalue weighted by molar-refractivity contribution is 0.631. The van der Waals surface area contributed by atoms with Gasteiger partial charge in [0.05, 0.1) is 15.0 Å². The van der Waals surface area contributed by atoms with Crippen LogP contribution in [0, 0.1) is 5.82 Å². The van der Waals surface area contributed by atoms with Gasteiger partial charge in [0.1, 0.15) is 5.82 Å². The predicted molar refractivity (Wildman–Crippen MR) is 55.2 cm³/mol. The third-order valence-corrected chi connectivity index (χ3v) is 3.20. The lowest BCUT2D eigenvalue weighted by Gasteiger charge is -1.98. The van der Waals surface area contributed by atoms with Gasteiger partial charge >= 0.3 is 0 Å². The Balaban J connectivity index is 2.59. The Morgan fingerprint density at radius 1 is 1.31 bits per heavy atom. The molecule has 66 valence electrons. The van der Waals surface area contributed by atoms with Crippen LogP contribution in [-0.2, 0) is 0 Å². The molecule has 2 rings (SSSR count). The smallest absolute Gasteiger partial charge is 0.132 e. The zero-order valence-corrected chi connectivity index (χ0v) is 8.90. The van der Waals surface area contributed by atoms with E-state index < -0.39 is 0 Å². The summed E-state index contributed by atoms with van der Waals surface area (Å²) in [4.78, 5) is 4.08. The molecule has 0 saturated heterocycles. The third kappa shape index (κ3) is 1.64. The highest BCUT2D eigenvalue weighted by Gasteiger charge is 2.09. The molecule has 0 aliphatic rings. The largest absolute Gasteiger partial charge is 0.243 e. The van der Waals surface area contributed by atoms with Gasteiger partial charge in [-0.2, -0.15) is 0 Å². The van der Waals surface area contributed by atoms with Crippen LogP contribution in [0.25, 0.3) is 11.3 Å². The number of hydrogen-bond acceptors (Lipinski definition) is 2. The van der Waals surface area contributed by atoms with Gasteiger partial charge in [-0.15, -0.1) is 11.3 Å². The van der Waals surface area contributed by atoms with Crippen molar-refractivity contribution < 1.29 is 4.39 Å². The van der Waals surface area contributed by atoms with Gasteiger partial charge in [0.15, 0.2) is 0 Å². The van der Waals surface area contributed by atoms with E-state index in [9.17, 15) is 4.39 Å². The van der Waals surface area contributed by atoms with Crippen LogP contribution in [0.1, 0.15) is 0 Å². The van der Waals surface area contributed by atoms with Crippen LogP contribution in [-0.4, -0.2) is 4.98 Å². The molecule has 0 atom stereocenters. The second kappa shape index (κ2) is 3.55. The first-order valence-corrected chi connectivity index (χ1v) is 5.30. The van der Waals surface area contributed by atoms with Gasteiger partial charge in [0.25, 0.3) is 0 Å². The van der Waals surface area contributed by atoms with Crippen LogP contribution in [0.15, 0.2) is 33.6 Å². The van der Waals surface area contributed by atoms with E-state index in [0.717, 1.165) is 3.79 Å². The van der Waals surface area contributed by atoms with Crippen LogP contribution in [0.3, 0.4) is 0 Å². The molecule has 0 bridgehead atoms. The van der Waals surface area contributed by atoms with Crippen molar-refractivity contribution in [2.75, 3.05) is 0 Å². The molecule has 0 aliphatic carbocycles. The van der Waals surface area contributed by atoms with Crippen molar-refractivity contribution in [3.05, 3.63) is 39.4 Å². The van der Waals surface area contributed by atoms with Gasteiger partial charge < -0.3 is 0 Å². The van der Waals surface area contributed by atoms with Crippen molar-refractivity contribution >= 4 is 27.3 Å². The Morgan fingerprint density at radius 3 is 2.69 bits per heavy atom. The number of nitrogens with zero attached hydrogens (tertiary/aromatic N) is 1. The summed E-state index contributed by atoms with van der Waals surface area (Å²) in [6.07, 6.45) is 0. The summed E-state index contributed by atoms with van der Waals surface area (Å²) in [6.45, 7) is 0. The van der Waals surface area contributed by atoms with Crippen LogP contribution in [0.2, 0.25) is 0 Å². The Labute approximate surface area is 87.4 Å². The molecule has 1 aromatic carbocycles. The maximum atomic E-state index is 13.3. The van der Waals surface area contributed by atoms with Crippen molar-refractivity contribution in [2.24, 2.45) is 0 Å². The first-order chi connectivity index (χ1) is 6.29. The Hall–Kier alpha value is -0.740. The molecule has 0 fully saturated rings. The molecular weight excluding hydrogens is 253 g/mol. The molecule has 0 spiro atoms. The summed E-state index contributed by atoms with van der Waals surface area (Å²) in [5, 5.41) is 0. The first kappa shape index (κ1) is 8.84. The van der Waals surface area contributed by atoms with Gasteiger partial charge in [-0.05, 0) is 28.1 Å². The number of aromatic nitrogens is 1. The van der Waals surface area contributed by atoms with E-state index in [0.29, 0.717) is 11.3 Å². The predicted octanol–water partition coefficient (Wildman–Crippen LogP) is 3.71. The Morgan fingerprint density at radius 2 is 2.08 bits per heavy atom. The quantitative estimate of drug-likeness (QED) is 0.759. The highest BCUT2D eigenvalue weighted by Crippen LogP contribution is 2.31. The molecule has 1 nitrogen and oxygen atoms in total. The van der Waals surface area contributed by atoms with E-state index >= 15 is 0 Å². The number of thiazole rings is 1. The van der Waals surface area contributed by atoms with Gasteiger partial charge in [0, 0.05) is 5.56 Å². The molecule has 0 aliphatic heterocycles. The minimum absolute atomic E-state index is 0.242. The molecule has 0 radical (unpaired) electrons. The molecule has 0 N–H and O–H groups in total. The topological polar surface area (TPSA) is 12.9 Å². The summed E-state index contributed by atoms with van der Waals surface area (Å²) in [6, 6.07) is 6.61. The monoisotopic (exact) mass is 257 g/mol.